The van der Waals surface area contributed by atoms with Crippen molar-refractivity contribution in [1.82, 2.24) is 4.98 Å². The van der Waals surface area contributed by atoms with Crippen LogP contribution in [0, 0.1) is 0 Å². The molecule has 0 aliphatic carbocycles. The normalized spacial score (nSPS) is 24.0. The molecule has 2 unspecified atom stereocenters. The van der Waals surface area contributed by atoms with Gasteiger partial charge in [-0.1, -0.05) is 0 Å². The van der Waals surface area contributed by atoms with E-state index in [2.05, 4.69) is 4.98 Å². The van der Waals surface area contributed by atoms with E-state index in [1.165, 1.54) is 18.6 Å². The number of hydrogen-bond acceptors (Lipinski definition) is 4. The van der Waals surface area contributed by atoms with Gasteiger partial charge in [0.15, 0.2) is 0 Å². The molecule has 0 spiro atoms. The minimum atomic E-state index is -0.343. The summed E-state index contributed by atoms with van der Waals surface area (Å²) in [5.41, 5.74) is 0.863. The highest BCUT2D eigenvalue weighted by atomic mass is 32.2. The van der Waals surface area contributed by atoms with Gasteiger partial charge in [-0.2, -0.15) is 0 Å². The molecule has 0 aromatic carbocycles. The van der Waals surface area contributed by atoms with Gasteiger partial charge in [0.05, 0.1) is 17.0 Å². The Hall–Kier alpha value is -0.480. The van der Waals surface area contributed by atoms with Crippen molar-refractivity contribution >= 4 is 11.8 Å². The van der Waals surface area contributed by atoms with Crippen LogP contribution in [0.5, 0.6) is 0 Å². The first kappa shape index (κ1) is 10.1. The zero-order chi connectivity index (χ0) is 9.97. The smallest absolute Gasteiger partial charge is 0.207 e. The maximum absolute atomic E-state index is 9.19. The third kappa shape index (κ3) is 2.30. The molecule has 0 amide bonds. The van der Waals surface area contributed by atoms with E-state index in [-0.39, 0.29) is 6.10 Å². The number of aliphatic hydroxyl groups is 1. The lowest BCUT2D eigenvalue weighted by Gasteiger charge is -2.01. The average molecular weight is 213 g/mol. The Morgan fingerprint density at radius 1 is 1.79 bits per heavy atom. The summed E-state index contributed by atoms with van der Waals surface area (Å²) in [5.74, 6) is 2.04. The molecule has 4 heteroatoms. The first-order valence-electron chi connectivity index (χ1n) is 4.99. The van der Waals surface area contributed by atoms with Gasteiger partial charge in [-0.3, -0.25) is 0 Å². The largest absolute Gasteiger partial charge is 0.447 e. The third-order valence-electron chi connectivity index (χ3n) is 2.28. The maximum Gasteiger partial charge on any atom is 0.207 e. The quantitative estimate of drug-likeness (QED) is 0.835. The number of hydrogen-bond donors (Lipinski definition) is 1. The first-order chi connectivity index (χ1) is 6.75. The van der Waals surface area contributed by atoms with Gasteiger partial charge < -0.3 is 9.52 Å². The van der Waals surface area contributed by atoms with Crippen LogP contribution in [0.4, 0.5) is 0 Å². The van der Waals surface area contributed by atoms with Gasteiger partial charge in [-0.15, -0.1) is 11.8 Å². The van der Waals surface area contributed by atoms with Crippen LogP contribution in [-0.4, -0.2) is 21.9 Å². The summed E-state index contributed by atoms with van der Waals surface area (Å²) in [4.78, 5) is 4.38. The standard InChI is InChI=1S/C10H15NO2S/c1-7(12)5-8-6-13-10(11-8)9-3-2-4-14-9/h6-7,9,12H,2-5H2,1H3. The van der Waals surface area contributed by atoms with Gasteiger partial charge in [-0.25, -0.2) is 4.98 Å². The molecule has 0 radical (unpaired) electrons. The van der Waals surface area contributed by atoms with E-state index in [0.717, 1.165) is 11.6 Å². The van der Waals surface area contributed by atoms with Crippen LogP contribution in [0.3, 0.4) is 0 Å². The number of thioether (sulfide) groups is 1. The molecule has 2 heterocycles. The topological polar surface area (TPSA) is 46.3 Å². The fourth-order valence-electron chi connectivity index (χ4n) is 1.64. The number of aromatic nitrogens is 1. The van der Waals surface area contributed by atoms with Crippen LogP contribution in [0.2, 0.25) is 0 Å². The molecule has 0 saturated carbocycles. The zero-order valence-electron chi connectivity index (χ0n) is 8.27. The molecule has 1 aromatic rings. The Kier molecular flexibility index (Phi) is 3.13. The van der Waals surface area contributed by atoms with Crippen molar-refractivity contribution in [3.63, 3.8) is 0 Å². The van der Waals surface area contributed by atoms with Crippen molar-refractivity contribution in [2.75, 3.05) is 5.75 Å². The van der Waals surface area contributed by atoms with Crippen LogP contribution < -0.4 is 0 Å². The Morgan fingerprint density at radius 2 is 2.64 bits per heavy atom. The maximum atomic E-state index is 9.19. The number of nitrogens with zero attached hydrogens (tertiary/aromatic N) is 1. The van der Waals surface area contributed by atoms with Crippen LogP contribution in [0.1, 0.15) is 36.6 Å². The van der Waals surface area contributed by atoms with Gasteiger partial charge in [0.25, 0.3) is 0 Å². The third-order valence-corrected chi connectivity index (χ3v) is 3.64. The Labute approximate surface area is 87.9 Å². The summed E-state index contributed by atoms with van der Waals surface area (Å²) in [6, 6.07) is 0. The summed E-state index contributed by atoms with van der Waals surface area (Å²) in [6.07, 6.45) is 4.33. The second-order valence-electron chi connectivity index (χ2n) is 3.73. The molecule has 1 aliphatic rings. The minimum absolute atomic E-state index is 0.343. The van der Waals surface area contributed by atoms with E-state index in [1.807, 2.05) is 11.8 Å². The summed E-state index contributed by atoms with van der Waals surface area (Å²) >= 11 is 1.91. The van der Waals surface area contributed by atoms with Crippen molar-refractivity contribution in [3.8, 4) is 0 Å². The highest BCUT2D eigenvalue weighted by Gasteiger charge is 2.22. The minimum Gasteiger partial charge on any atom is -0.447 e. The Balaban J connectivity index is 2.01. The van der Waals surface area contributed by atoms with E-state index in [0.29, 0.717) is 11.7 Å². The van der Waals surface area contributed by atoms with Crippen molar-refractivity contribution in [2.45, 2.75) is 37.5 Å². The highest BCUT2D eigenvalue weighted by molar-refractivity contribution is 7.99. The van der Waals surface area contributed by atoms with E-state index in [9.17, 15) is 5.11 Å². The molecule has 14 heavy (non-hydrogen) atoms. The molecule has 1 saturated heterocycles. The van der Waals surface area contributed by atoms with E-state index in [4.69, 9.17) is 4.42 Å². The summed E-state index contributed by atoms with van der Waals surface area (Å²) < 4.78 is 5.41. The van der Waals surface area contributed by atoms with Crippen molar-refractivity contribution in [1.29, 1.82) is 0 Å². The van der Waals surface area contributed by atoms with E-state index in [1.54, 1.807) is 13.2 Å². The lowest BCUT2D eigenvalue weighted by atomic mass is 10.2. The molecular formula is C10H15NO2S. The van der Waals surface area contributed by atoms with Gasteiger partial charge in [0, 0.05) is 6.42 Å². The summed E-state index contributed by atoms with van der Waals surface area (Å²) in [7, 11) is 0. The lowest BCUT2D eigenvalue weighted by Crippen LogP contribution is -2.04. The summed E-state index contributed by atoms with van der Waals surface area (Å²) in [6.45, 7) is 1.76. The molecule has 0 bridgehead atoms. The number of oxazole rings is 1. The Morgan fingerprint density at radius 3 is 3.29 bits per heavy atom. The molecule has 1 N–H and O–H groups in total. The van der Waals surface area contributed by atoms with Crippen molar-refractivity contribution in [2.24, 2.45) is 0 Å². The van der Waals surface area contributed by atoms with Crippen molar-refractivity contribution < 1.29 is 9.52 Å². The predicted octanol–water partition coefficient (Wildman–Crippen LogP) is 2.17. The summed E-state index contributed by atoms with van der Waals surface area (Å²) in [5, 5.41) is 9.64. The predicted molar refractivity (Wildman–Crippen MR) is 56.3 cm³/mol. The first-order valence-corrected chi connectivity index (χ1v) is 6.04. The van der Waals surface area contributed by atoms with E-state index < -0.39 is 0 Å². The van der Waals surface area contributed by atoms with E-state index >= 15 is 0 Å². The molecular weight excluding hydrogens is 198 g/mol. The van der Waals surface area contributed by atoms with Gasteiger partial charge in [0.1, 0.15) is 6.26 Å². The second-order valence-corrected chi connectivity index (χ2v) is 5.04. The highest BCUT2D eigenvalue weighted by Crippen LogP contribution is 2.39. The number of aliphatic hydroxyl groups excluding tert-OH is 1. The van der Waals surface area contributed by atoms with Gasteiger partial charge >= 0.3 is 0 Å². The lowest BCUT2D eigenvalue weighted by molar-refractivity contribution is 0.194. The van der Waals surface area contributed by atoms with Gasteiger partial charge in [-0.05, 0) is 25.5 Å². The van der Waals surface area contributed by atoms with Crippen LogP contribution in [-0.2, 0) is 6.42 Å². The van der Waals surface area contributed by atoms with Gasteiger partial charge in [0.2, 0.25) is 5.89 Å². The molecule has 78 valence electrons. The van der Waals surface area contributed by atoms with Crippen LogP contribution in [0.25, 0.3) is 0 Å². The molecule has 1 fully saturated rings. The monoisotopic (exact) mass is 213 g/mol. The molecule has 3 nitrogen and oxygen atoms in total. The van der Waals surface area contributed by atoms with Crippen molar-refractivity contribution in [3.05, 3.63) is 17.8 Å². The Bertz CT molecular complexity index is 292. The fraction of sp³-hybridized carbons (Fsp3) is 0.700. The number of rotatable bonds is 3. The fourth-order valence-corrected chi connectivity index (χ4v) is 2.84. The second kappa shape index (κ2) is 4.36. The van der Waals surface area contributed by atoms with Crippen LogP contribution in [0.15, 0.2) is 10.7 Å². The molecule has 1 aliphatic heterocycles. The molecule has 1 aromatic heterocycles. The zero-order valence-corrected chi connectivity index (χ0v) is 9.09. The molecule has 2 rings (SSSR count). The average Bonchev–Trinajstić information content (AvgIpc) is 2.69. The SMILES string of the molecule is CC(O)Cc1coc(C2CCCS2)n1. The molecule has 2 atom stereocenters. The van der Waals surface area contributed by atoms with Crippen LogP contribution >= 0.6 is 11.8 Å².